The van der Waals surface area contributed by atoms with Crippen LogP contribution in [0.3, 0.4) is 0 Å². The molecule has 1 N–H and O–H groups in total. The summed E-state index contributed by atoms with van der Waals surface area (Å²) in [7, 11) is -3.01. The molecule has 2 heterocycles. The Hall–Kier alpha value is -0.500. The van der Waals surface area contributed by atoms with Gasteiger partial charge in [-0.2, -0.15) is 0 Å². The molecule has 1 aliphatic heterocycles. The molecule has 7 heteroatoms. The number of aryl methyl sites for hydroxylation is 1. The topological polar surface area (TPSA) is 62.3 Å². The van der Waals surface area contributed by atoms with E-state index in [2.05, 4.69) is 10.3 Å². The Morgan fingerprint density at radius 1 is 1.47 bits per heavy atom. The summed E-state index contributed by atoms with van der Waals surface area (Å²) in [5.41, 5.74) is 2.95. The Morgan fingerprint density at radius 3 is 2.68 bits per heavy atom. The van der Waals surface area contributed by atoms with Crippen molar-refractivity contribution in [1.82, 2.24) is 14.6 Å². The van der Waals surface area contributed by atoms with E-state index in [0.29, 0.717) is 19.1 Å². The Morgan fingerprint density at radius 2 is 2.16 bits per heavy atom. The van der Waals surface area contributed by atoms with E-state index in [4.69, 9.17) is 0 Å². The lowest BCUT2D eigenvalue weighted by Crippen LogP contribution is -2.45. The first-order valence-corrected chi connectivity index (χ1v) is 9.12. The quantitative estimate of drug-likeness (QED) is 0.892. The molecule has 0 spiro atoms. The van der Waals surface area contributed by atoms with Crippen LogP contribution in [0.15, 0.2) is 5.51 Å². The van der Waals surface area contributed by atoms with Crippen LogP contribution in [-0.2, 0) is 16.6 Å². The molecule has 1 saturated heterocycles. The molecule has 1 fully saturated rings. The molecule has 0 unspecified atom stereocenters. The summed E-state index contributed by atoms with van der Waals surface area (Å²) in [4.78, 5) is 5.49. The highest BCUT2D eigenvalue weighted by atomic mass is 32.2. The summed E-state index contributed by atoms with van der Waals surface area (Å²) in [6, 6.07) is 0.407. The molecule has 0 saturated carbocycles. The summed E-state index contributed by atoms with van der Waals surface area (Å²) in [5.74, 6) is 0.200. The van der Waals surface area contributed by atoms with Gasteiger partial charge in [-0.1, -0.05) is 0 Å². The van der Waals surface area contributed by atoms with E-state index in [-0.39, 0.29) is 5.75 Å². The molecule has 108 valence electrons. The first-order valence-electron chi connectivity index (χ1n) is 6.63. The van der Waals surface area contributed by atoms with Gasteiger partial charge < -0.3 is 5.32 Å². The maximum Gasteiger partial charge on any atom is 0.213 e. The molecule has 0 aliphatic carbocycles. The third kappa shape index (κ3) is 3.75. The lowest BCUT2D eigenvalue weighted by Gasteiger charge is -2.31. The van der Waals surface area contributed by atoms with Crippen molar-refractivity contribution in [3.63, 3.8) is 0 Å². The van der Waals surface area contributed by atoms with Crippen LogP contribution in [0.25, 0.3) is 0 Å². The number of aromatic nitrogens is 1. The molecular weight excluding hydrogens is 282 g/mol. The van der Waals surface area contributed by atoms with Gasteiger partial charge in [-0.05, 0) is 26.7 Å². The predicted octanol–water partition coefficient (Wildman–Crippen LogP) is 1.36. The van der Waals surface area contributed by atoms with E-state index in [9.17, 15) is 8.42 Å². The molecule has 0 aromatic carbocycles. The average molecular weight is 303 g/mol. The number of rotatable bonds is 5. The van der Waals surface area contributed by atoms with Crippen LogP contribution < -0.4 is 5.32 Å². The third-order valence-electron chi connectivity index (χ3n) is 3.61. The highest BCUT2D eigenvalue weighted by Gasteiger charge is 2.26. The molecule has 2 rings (SSSR count). The first-order chi connectivity index (χ1) is 9.03. The minimum absolute atomic E-state index is 0.200. The minimum atomic E-state index is -3.01. The van der Waals surface area contributed by atoms with Crippen molar-refractivity contribution in [2.45, 2.75) is 39.3 Å². The van der Waals surface area contributed by atoms with E-state index in [1.54, 1.807) is 22.6 Å². The molecule has 0 bridgehead atoms. The molecule has 1 aromatic heterocycles. The second kappa shape index (κ2) is 6.30. The van der Waals surface area contributed by atoms with Crippen molar-refractivity contribution < 1.29 is 8.42 Å². The van der Waals surface area contributed by atoms with E-state index >= 15 is 0 Å². The summed E-state index contributed by atoms with van der Waals surface area (Å²) >= 11 is 1.67. The zero-order valence-electron chi connectivity index (χ0n) is 11.4. The van der Waals surface area contributed by atoms with E-state index in [1.807, 2.05) is 12.4 Å². The smallest absolute Gasteiger partial charge is 0.213 e. The fourth-order valence-electron chi connectivity index (χ4n) is 2.25. The number of hydrogen-bond acceptors (Lipinski definition) is 5. The molecule has 1 aliphatic rings. The highest BCUT2D eigenvalue weighted by Crippen LogP contribution is 2.16. The van der Waals surface area contributed by atoms with Crippen molar-refractivity contribution in [2.75, 3.05) is 18.8 Å². The lowest BCUT2D eigenvalue weighted by molar-refractivity contribution is 0.289. The van der Waals surface area contributed by atoms with Gasteiger partial charge in [0.2, 0.25) is 10.0 Å². The Bertz CT molecular complexity index is 505. The number of hydrogen-bond donors (Lipinski definition) is 1. The zero-order chi connectivity index (χ0) is 13.9. The van der Waals surface area contributed by atoms with Crippen LogP contribution in [0.2, 0.25) is 0 Å². The Kier molecular flexibility index (Phi) is 4.94. The van der Waals surface area contributed by atoms with Gasteiger partial charge >= 0.3 is 0 Å². The molecular formula is C12H21N3O2S2. The van der Waals surface area contributed by atoms with Crippen molar-refractivity contribution >= 4 is 21.4 Å². The average Bonchev–Trinajstić information content (AvgIpc) is 2.82. The standard InChI is InChI=1S/C12H21N3O2S2/c1-3-19(16,17)15-6-4-11(5-7-15)13-8-12-10(2)14-9-18-12/h9,11,13H,3-8H2,1-2H3. The van der Waals surface area contributed by atoms with Gasteiger partial charge in [-0.25, -0.2) is 17.7 Å². The van der Waals surface area contributed by atoms with Crippen LogP contribution >= 0.6 is 11.3 Å². The van der Waals surface area contributed by atoms with E-state index in [1.165, 1.54) is 4.88 Å². The molecule has 1 aromatic rings. The first kappa shape index (κ1) is 14.9. The van der Waals surface area contributed by atoms with Gasteiger partial charge in [0.25, 0.3) is 0 Å². The van der Waals surface area contributed by atoms with Crippen LogP contribution in [0.5, 0.6) is 0 Å². The van der Waals surface area contributed by atoms with Crippen LogP contribution in [-0.4, -0.2) is 42.6 Å². The fraction of sp³-hybridized carbons (Fsp3) is 0.750. The summed E-state index contributed by atoms with van der Waals surface area (Å²) in [6.07, 6.45) is 1.77. The number of nitrogens with zero attached hydrogens (tertiary/aromatic N) is 2. The van der Waals surface area contributed by atoms with E-state index in [0.717, 1.165) is 25.1 Å². The molecule has 5 nitrogen and oxygen atoms in total. The second-order valence-corrected chi connectivity index (χ2v) is 8.01. The maximum atomic E-state index is 11.7. The normalized spacial score (nSPS) is 18.8. The molecule has 0 radical (unpaired) electrons. The third-order valence-corrected chi connectivity index (χ3v) is 6.42. The van der Waals surface area contributed by atoms with Crippen molar-refractivity contribution in [2.24, 2.45) is 0 Å². The van der Waals surface area contributed by atoms with Gasteiger partial charge in [-0.3, -0.25) is 0 Å². The fourth-order valence-corrected chi connectivity index (χ4v) is 4.11. The largest absolute Gasteiger partial charge is 0.309 e. The van der Waals surface area contributed by atoms with Gasteiger partial charge in [0, 0.05) is 30.6 Å². The highest BCUT2D eigenvalue weighted by molar-refractivity contribution is 7.89. The van der Waals surface area contributed by atoms with Crippen LogP contribution in [0.4, 0.5) is 0 Å². The second-order valence-electron chi connectivity index (χ2n) is 4.82. The number of sulfonamides is 1. The van der Waals surface area contributed by atoms with Gasteiger partial charge in [-0.15, -0.1) is 11.3 Å². The zero-order valence-corrected chi connectivity index (χ0v) is 13.1. The molecule has 0 atom stereocenters. The Balaban J connectivity index is 1.80. The van der Waals surface area contributed by atoms with Crippen molar-refractivity contribution in [1.29, 1.82) is 0 Å². The van der Waals surface area contributed by atoms with Crippen LogP contribution in [0.1, 0.15) is 30.3 Å². The predicted molar refractivity (Wildman–Crippen MR) is 77.7 cm³/mol. The molecule has 0 amide bonds. The van der Waals surface area contributed by atoms with Crippen molar-refractivity contribution in [3.8, 4) is 0 Å². The summed E-state index contributed by atoms with van der Waals surface area (Å²) in [6.45, 7) is 5.82. The summed E-state index contributed by atoms with van der Waals surface area (Å²) < 4.78 is 25.1. The Labute approximate surface area is 119 Å². The van der Waals surface area contributed by atoms with E-state index < -0.39 is 10.0 Å². The minimum Gasteiger partial charge on any atom is -0.309 e. The monoisotopic (exact) mass is 303 g/mol. The SMILES string of the molecule is CCS(=O)(=O)N1CCC(NCc2scnc2C)CC1. The molecule has 19 heavy (non-hydrogen) atoms. The van der Waals surface area contributed by atoms with Gasteiger partial charge in [0.05, 0.1) is 17.0 Å². The van der Waals surface area contributed by atoms with Crippen molar-refractivity contribution in [3.05, 3.63) is 16.1 Å². The lowest BCUT2D eigenvalue weighted by atomic mass is 10.1. The maximum absolute atomic E-state index is 11.7. The number of thiazole rings is 1. The van der Waals surface area contributed by atoms with Crippen LogP contribution in [0, 0.1) is 6.92 Å². The number of piperidine rings is 1. The summed E-state index contributed by atoms with van der Waals surface area (Å²) in [5, 5.41) is 3.50. The van der Waals surface area contributed by atoms with Gasteiger partial charge in [0.1, 0.15) is 0 Å². The number of nitrogens with one attached hydrogen (secondary N) is 1. The van der Waals surface area contributed by atoms with Gasteiger partial charge in [0.15, 0.2) is 0 Å².